The fourth-order valence-corrected chi connectivity index (χ4v) is 0.908. The van der Waals surface area contributed by atoms with Crippen molar-refractivity contribution in [2.24, 2.45) is 5.92 Å². The molecule has 0 bridgehead atoms. The number of carbonyl (C=O) groups is 1. The first kappa shape index (κ1) is 13.4. The van der Waals surface area contributed by atoms with E-state index in [9.17, 15) is 9.90 Å². The van der Waals surface area contributed by atoms with Gasteiger partial charge in [0.1, 0.15) is 12.7 Å². The summed E-state index contributed by atoms with van der Waals surface area (Å²) >= 11 is 0. The van der Waals surface area contributed by atoms with Gasteiger partial charge in [0, 0.05) is 13.5 Å². The second-order valence-corrected chi connectivity index (χ2v) is 3.72. The molecular weight excluding hydrogens is 184 g/mol. The Balaban J connectivity index is 3.43. The van der Waals surface area contributed by atoms with Crippen LogP contribution in [0.4, 0.5) is 0 Å². The van der Waals surface area contributed by atoms with E-state index in [1.807, 2.05) is 13.8 Å². The van der Waals surface area contributed by atoms with Crippen LogP contribution in [0.2, 0.25) is 0 Å². The lowest BCUT2D eigenvalue weighted by Crippen LogP contribution is -2.23. The highest BCUT2D eigenvalue weighted by molar-refractivity contribution is 5.69. The van der Waals surface area contributed by atoms with E-state index in [0.29, 0.717) is 12.3 Å². The Hall–Kier alpha value is -0.610. The molecule has 0 rings (SSSR count). The molecule has 0 fully saturated rings. The summed E-state index contributed by atoms with van der Waals surface area (Å²) in [6, 6.07) is 0. The lowest BCUT2D eigenvalue weighted by Gasteiger charge is -2.10. The molecule has 0 aromatic rings. The summed E-state index contributed by atoms with van der Waals surface area (Å²) in [6.07, 6.45) is 0.513. The second kappa shape index (κ2) is 7.76. The molecule has 0 aromatic carbocycles. The van der Waals surface area contributed by atoms with Gasteiger partial charge in [-0.3, -0.25) is 4.79 Å². The smallest absolute Gasteiger partial charge is 0.305 e. The van der Waals surface area contributed by atoms with Gasteiger partial charge in [-0.15, -0.1) is 0 Å². The van der Waals surface area contributed by atoms with E-state index in [0.717, 1.165) is 6.42 Å². The van der Waals surface area contributed by atoms with Crippen molar-refractivity contribution in [2.75, 3.05) is 20.3 Å². The molecule has 0 amide bonds. The van der Waals surface area contributed by atoms with Gasteiger partial charge >= 0.3 is 5.97 Å². The molecule has 0 heterocycles. The van der Waals surface area contributed by atoms with E-state index < -0.39 is 6.10 Å². The second-order valence-electron chi connectivity index (χ2n) is 3.72. The summed E-state index contributed by atoms with van der Waals surface area (Å²) in [6.45, 7) is 4.31. The fraction of sp³-hybridized carbons (Fsp3) is 0.900. The van der Waals surface area contributed by atoms with Gasteiger partial charge in [0.2, 0.25) is 0 Å². The Morgan fingerprint density at radius 1 is 1.36 bits per heavy atom. The topological polar surface area (TPSA) is 55.8 Å². The van der Waals surface area contributed by atoms with Crippen molar-refractivity contribution >= 4 is 5.97 Å². The first-order valence-corrected chi connectivity index (χ1v) is 4.89. The molecule has 0 saturated carbocycles. The van der Waals surface area contributed by atoms with Crippen LogP contribution in [0.1, 0.15) is 26.7 Å². The Morgan fingerprint density at radius 3 is 2.50 bits per heavy atom. The van der Waals surface area contributed by atoms with E-state index in [1.165, 1.54) is 7.11 Å². The third-order valence-corrected chi connectivity index (χ3v) is 1.72. The van der Waals surface area contributed by atoms with Crippen molar-refractivity contribution in [2.45, 2.75) is 32.8 Å². The van der Waals surface area contributed by atoms with Crippen LogP contribution in [0.25, 0.3) is 0 Å². The van der Waals surface area contributed by atoms with Crippen LogP contribution in [0.15, 0.2) is 0 Å². The molecule has 0 saturated heterocycles. The highest BCUT2D eigenvalue weighted by atomic mass is 16.5. The summed E-state index contributed by atoms with van der Waals surface area (Å²) in [4.78, 5) is 11.1. The molecule has 0 aromatic heterocycles. The van der Waals surface area contributed by atoms with Gasteiger partial charge in [0.25, 0.3) is 0 Å². The minimum absolute atomic E-state index is 0.0186. The SMILES string of the molecule is COCC(O)COC(=O)CCC(C)C. The van der Waals surface area contributed by atoms with Gasteiger partial charge in [-0.1, -0.05) is 13.8 Å². The zero-order chi connectivity index (χ0) is 11.0. The van der Waals surface area contributed by atoms with Crippen LogP contribution < -0.4 is 0 Å². The Morgan fingerprint density at radius 2 is 2.00 bits per heavy atom. The molecule has 0 spiro atoms. The highest BCUT2D eigenvalue weighted by Crippen LogP contribution is 2.04. The maximum absolute atomic E-state index is 11.1. The first-order chi connectivity index (χ1) is 6.56. The van der Waals surface area contributed by atoms with Gasteiger partial charge in [0.15, 0.2) is 0 Å². The van der Waals surface area contributed by atoms with E-state index in [-0.39, 0.29) is 19.2 Å². The Labute approximate surface area is 85.2 Å². The third kappa shape index (κ3) is 8.01. The van der Waals surface area contributed by atoms with E-state index in [4.69, 9.17) is 9.47 Å². The van der Waals surface area contributed by atoms with Crippen molar-refractivity contribution in [3.8, 4) is 0 Å². The summed E-state index contributed by atoms with van der Waals surface area (Å²) in [5.41, 5.74) is 0. The maximum atomic E-state index is 11.1. The number of esters is 1. The summed E-state index contributed by atoms with van der Waals surface area (Å²) < 4.78 is 9.53. The average molecular weight is 204 g/mol. The largest absolute Gasteiger partial charge is 0.463 e. The summed E-state index contributed by atoms with van der Waals surface area (Å²) in [7, 11) is 1.49. The Kier molecular flexibility index (Phi) is 7.42. The minimum atomic E-state index is -0.719. The quantitative estimate of drug-likeness (QED) is 0.628. The Bertz CT molecular complexity index is 156. The van der Waals surface area contributed by atoms with E-state index in [2.05, 4.69) is 0 Å². The van der Waals surface area contributed by atoms with Gasteiger partial charge < -0.3 is 14.6 Å². The molecule has 14 heavy (non-hydrogen) atoms. The molecule has 84 valence electrons. The van der Waals surface area contributed by atoms with Gasteiger partial charge in [-0.2, -0.15) is 0 Å². The molecule has 1 atom stereocenters. The summed E-state index contributed by atoms with van der Waals surface area (Å²) in [5, 5.41) is 9.17. The molecule has 0 aliphatic carbocycles. The number of ether oxygens (including phenoxy) is 2. The standard InChI is InChI=1S/C10H20O4/c1-8(2)4-5-10(12)14-7-9(11)6-13-3/h8-9,11H,4-7H2,1-3H3. The van der Waals surface area contributed by atoms with Crippen molar-refractivity contribution in [3.05, 3.63) is 0 Å². The van der Waals surface area contributed by atoms with Crippen molar-refractivity contribution in [1.29, 1.82) is 0 Å². The molecule has 4 nitrogen and oxygen atoms in total. The highest BCUT2D eigenvalue weighted by Gasteiger charge is 2.08. The number of hydrogen-bond donors (Lipinski definition) is 1. The molecule has 4 heteroatoms. The van der Waals surface area contributed by atoms with Crippen LogP contribution in [0, 0.1) is 5.92 Å². The van der Waals surface area contributed by atoms with E-state index in [1.54, 1.807) is 0 Å². The zero-order valence-corrected chi connectivity index (χ0v) is 9.16. The number of carbonyl (C=O) groups excluding carboxylic acids is 1. The molecular formula is C10H20O4. The summed E-state index contributed by atoms with van der Waals surface area (Å²) in [5.74, 6) is 0.236. The van der Waals surface area contributed by atoms with Gasteiger partial charge in [-0.05, 0) is 12.3 Å². The predicted molar refractivity (Wildman–Crippen MR) is 52.9 cm³/mol. The van der Waals surface area contributed by atoms with Crippen LogP contribution in [0.3, 0.4) is 0 Å². The van der Waals surface area contributed by atoms with Crippen molar-refractivity contribution in [1.82, 2.24) is 0 Å². The van der Waals surface area contributed by atoms with E-state index >= 15 is 0 Å². The molecule has 0 radical (unpaired) electrons. The molecule has 1 unspecified atom stereocenters. The van der Waals surface area contributed by atoms with Crippen LogP contribution in [-0.4, -0.2) is 37.5 Å². The first-order valence-electron chi connectivity index (χ1n) is 4.89. The molecule has 1 N–H and O–H groups in total. The average Bonchev–Trinajstić information content (AvgIpc) is 2.12. The lowest BCUT2D eigenvalue weighted by molar-refractivity contribution is -0.147. The minimum Gasteiger partial charge on any atom is -0.463 e. The third-order valence-electron chi connectivity index (χ3n) is 1.72. The van der Waals surface area contributed by atoms with Crippen LogP contribution in [0.5, 0.6) is 0 Å². The van der Waals surface area contributed by atoms with Crippen molar-refractivity contribution in [3.63, 3.8) is 0 Å². The monoisotopic (exact) mass is 204 g/mol. The lowest BCUT2D eigenvalue weighted by atomic mass is 10.1. The predicted octanol–water partition coefficient (Wildman–Crippen LogP) is 0.973. The number of aliphatic hydroxyl groups is 1. The maximum Gasteiger partial charge on any atom is 0.305 e. The number of methoxy groups -OCH3 is 1. The van der Waals surface area contributed by atoms with Gasteiger partial charge in [0.05, 0.1) is 6.61 Å². The van der Waals surface area contributed by atoms with Crippen molar-refractivity contribution < 1.29 is 19.4 Å². The van der Waals surface area contributed by atoms with Crippen LogP contribution >= 0.6 is 0 Å². The molecule has 0 aliphatic heterocycles. The zero-order valence-electron chi connectivity index (χ0n) is 9.16. The number of aliphatic hydroxyl groups excluding tert-OH is 1. The normalized spacial score (nSPS) is 12.9. The fourth-order valence-electron chi connectivity index (χ4n) is 0.908. The molecule has 0 aliphatic rings. The number of hydrogen-bond acceptors (Lipinski definition) is 4. The number of rotatable bonds is 7. The van der Waals surface area contributed by atoms with Gasteiger partial charge in [-0.25, -0.2) is 0 Å². The van der Waals surface area contributed by atoms with Crippen LogP contribution in [-0.2, 0) is 14.3 Å².